The van der Waals surface area contributed by atoms with E-state index < -0.39 is 11.5 Å². The summed E-state index contributed by atoms with van der Waals surface area (Å²) >= 11 is 0. The van der Waals surface area contributed by atoms with Crippen molar-refractivity contribution < 1.29 is 9.90 Å². The van der Waals surface area contributed by atoms with Crippen molar-refractivity contribution in [3.05, 3.63) is 0 Å². The molecule has 3 heteroatoms. The zero-order chi connectivity index (χ0) is 11.9. The molecule has 0 unspecified atom stereocenters. The number of hydrogen-bond acceptors (Lipinski definition) is 2. The molecule has 0 aromatic rings. The molecule has 0 radical (unpaired) electrons. The van der Waals surface area contributed by atoms with Crippen LogP contribution in [0.3, 0.4) is 0 Å². The molecule has 0 saturated heterocycles. The number of rotatable bonds is 8. The zero-order valence-corrected chi connectivity index (χ0v) is 10.3. The zero-order valence-electron chi connectivity index (χ0n) is 10.3. The second kappa shape index (κ2) is 6.83. The first-order valence-corrected chi connectivity index (χ1v) is 5.92. The summed E-state index contributed by atoms with van der Waals surface area (Å²) < 4.78 is 0. The van der Waals surface area contributed by atoms with E-state index in [1.54, 1.807) is 6.92 Å². The minimum atomic E-state index is -1.07. The van der Waals surface area contributed by atoms with Gasteiger partial charge in [-0.05, 0) is 19.3 Å². The fourth-order valence-corrected chi connectivity index (χ4v) is 1.83. The van der Waals surface area contributed by atoms with Gasteiger partial charge in [-0.3, -0.25) is 4.79 Å². The Hall–Kier alpha value is -0.570. The molecule has 0 aromatic heterocycles. The largest absolute Gasteiger partial charge is 0.480 e. The highest BCUT2D eigenvalue weighted by Crippen LogP contribution is 2.20. The Morgan fingerprint density at radius 1 is 1.40 bits per heavy atom. The van der Waals surface area contributed by atoms with Crippen molar-refractivity contribution >= 4 is 5.97 Å². The molecular formula is C12H25NO2. The van der Waals surface area contributed by atoms with Gasteiger partial charge in [0.15, 0.2) is 0 Å². The summed E-state index contributed by atoms with van der Waals surface area (Å²) in [4.78, 5) is 10.8. The molecular weight excluding hydrogens is 190 g/mol. The Kier molecular flexibility index (Phi) is 6.57. The molecule has 0 fully saturated rings. The van der Waals surface area contributed by atoms with Crippen molar-refractivity contribution in [2.45, 2.75) is 64.8 Å². The van der Waals surface area contributed by atoms with Crippen molar-refractivity contribution in [1.82, 2.24) is 0 Å². The highest BCUT2D eigenvalue weighted by atomic mass is 16.4. The smallest absolute Gasteiger partial charge is 0.323 e. The third kappa shape index (κ3) is 6.50. The van der Waals surface area contributed by atoms with Crippen LogP contribution in [0.5, 0.6) is 0 Å². The molecule has 0 bridgehead atoms. The first-order valence-electron chi connectivity index (χ1n) is 5.92. The van der Waals surface area contributed by atoms with Crippen molar-refractivity contribution in [1.29, 1.82) is 0 Å². The molecule has 0 heterocycles. The topological polar surface area (TPSA) is 63.3 Å². The number of carboxylic acids is 1. The van der Waals surface area contributed by atoms with Gasteiger partial charge in [0.05, 0.1) is 0 Å². The third-order valence-electron chi connectivity index (χ3n) is 2.81. The molecule has 0 aliphatic rings. The quantitative estimate of drug-likeness (QED) is 0.612. The molecule has 0 aromatic carbocycles. The molecule has 0 rings (SSSR count). The molecule has 0 saturated carbocycles. The van der Waals surface area contributed by atoms with Gasteiger partial charge in [-0.25, -0.2) is 0 Å². The van der Waals surface area contributed by atoms with Gasteiger partial charge in [-0.2, -0.15) is 0 Å². The van der Waals surface area contributed by atoms with Gasteiger partial charge >= 0.3 is 5.97 Å². The predicted octanol–water partition coefficient (Wildman–Crippen LogP) is 2.79. The minimum absolute atomic E-state index is 0.396. The lowest BCUT2D eigenvalue weighted by molar-refractivity contribution is -0.143. The second-order valence-corrected chi connectivity index (χ2v) is 4.88. The number of hydrogen-bond donors (Lipinski definition) is 2. The van der Waals surface area contributed by atoms with Crippen molar-refractivity contribution in [3.8, 4) is 0 Å². The first kappa shape index (κ1) is 14.4. The summed E-state index contributed by atoms with van der Waals surface area (Å²) in [6.07, 6.45) is 6.58. The Morgan fingerprint density at radius 2 is 2.00 bits per heavy atom. The van der Waals surface area contributed by atoms with Crippen LogP contribution < -0.4 is 5.73 Å². The average molecular weight is 215 g/mol. The SMILES string of the molecule is CCCCCC[C@@H](C)C[C@@](C)(N)C(=O)O. The first-order chi connectivity index (χ1) is 6.90. The lowest BCUT2D eigenvalue weighted by atomic mass is 9.88. The van der Waals surface area contributed by atoms with Gasteiger partial charge in [0.1, 0.15) is 5.54 Å². The van der Waals surface area contributed by atoms with Crippen LogP contribution in [-0.2, 0) is 4.79 Å². The molecule has 15 heavy (non-hydrogen) atoms. The fourth-order valence-electron chi connectivity index (χ4n) is 1.83. The van der Waals surface area contributed by atoms with E-state index in [1.165, 1.54) is 25.7 Å². The van der Waals surface area contributed by atoms with Gasteiger partial charge < -0.3 is 10.8 Å². The van der Waals surface area contributed by atoms with Crippen LogP contribution in [0, 0.1) is 5.92 Å². The van der Waals surface area contributed by atoms with E-state index in [2.05, 4.69) is 13.8 Å². The Balaban J connectivity index is 3.73. The monoisotopic (exact) mass is 215 g/mol. The molecule has 0 amide bonds. The molecule has 3 N–H and O–H groups in total. The number of carbonyl (C=O) groups is 1. The summed E-state index contributed by atoms with van der Waals surface area (Å²) in [5, 5.41) is 8.87. The summed E-state index contributed by atoms with van der Waals surface area (Å²) in [5.41, 5.74) is 4.63. The normalized spacial score (nSPS) is 17.1. The van der Waals surface area contributed by atoms with E-state index in [0.717, 1.165) is 6.42 Å². The fraction of sp³-hybridized carbons (Fsp3) is 0.917. The van der Waals surface area contributed by atoms with Gasteiger partial charge in [0.2, 0.25) is 0 Å². The van der Waals surface area contributed by atoms with E-state index in [-0.39, 0.29) is 0 Å². The second-order valence-electron chi connectivity index (χ2n) is 4.88. The Labute approximate surface area is 93.0 Å². The number of aliphatic carboxylic acids is 1. The molecule has 0 aliphatic carbocycles. The summed E-state index contributed by atoms with van der Waals surface area (Å²) in [7, 11) is 0. The maximum atomic E-state index is 10.8. The average Bonchev–Trinajstić information content (AvgIpc) is 2.11. The number of carboxylic acid groups (broad SMARTS) is 1. The van der Waals surface area contributed by atoms with Gasteiger partial charge in [-0.15, -0.1) is 0 Å². The van der Waals surface area contributed by atoms with Crippen LogP contribution in [0.15, 0.2) is 0 Å². The van der Waals surface area contributed by atoms with Gasteiger partial charge in [0, 0.05) is 0 Å². The molecule has 2 atom stereocenters. The van der Waals surface area contributed by atoms with E-state index in [1.807, 2.05) is 0 Å². The van der Waals surface area contributed by atoms with Crippen molar-refractivity contribution in [2.24, 2.45) is 11.7 Å². The van der Waals surface area contributed by atoms with E-state index in [4.69, 9.17) is 10.8 Å². The maximum absolute atomic E-state index is 10.8. The molecule has 0 spiro atoms. The Morgan fingerprint density at radius 3 is 2.47 bits per heavy atom. The van der Waals surface area contributed by atoms with E-state index >= 15 is 0 Å². The summed E-state index contributed by atoms with van der Waals surface area (Å²) in [5.74, 6) is -0.504. The van der Waals surface area contributed by atoms with E-state index in [9.17, 15) is 4.79 Å². The van der Waals surface area contributed by atoms with Gasteiger partial charge in [-0.1, -0.05) is 46.0 Å². The summed E-state index contributed by atoms with van der Waals surface area (Å²) in [6.45, 7) is 5.86. The van der Waals surface area contributed by atoms with Crippen molar-refractivity contribution in [2.75, 3.05) is 0 Å². The van der Waals surface area contributed by atoms with Crippen LogP contribution in [-0.4, -0.2) is 16.6 Å². The highest BCUT2D eigenvalue weighted by Gasteiger charge is 2.29. The third-order valence-corrected chi connectivity index (χ3v) is 2.81. The lowest BCUT2D eigenvalue weighted by Gasteiger charge is -2.23. The van der Waals surface area contributed by atoms with Crippen LogP contribution in [0.25, 0.3) is 0 Å². The van der Waals surface area contributed by atoms with Crippen LogP contribution in [0.4, 0.5) is 0 Å². The van der Waals surface area contributed by atoms with Gasteiger partial charge in [0.25, 0.3) is 0 Å². The minimum Gasteiger partial charge on any atom is -0.480 e. The van der Waals surface area contributed by atoms with Crippen molar-refractivity contribution in [3.63, 3.8) is 0 Å². The predicted molar refractivity (Wildman–Crippen MR) is 62.8 cm³/mol. The van der Waals surface area contributed by atoms with E-state index in [0.29, 0.717) is 12.3 Å². The van der Waals surface area contributed by atoms with Crippen LogP contribution >= 0.6 is 0 Å². The maximum Gasteiger partial charge on any atom is 0.323 e. The molecule has 3 nitrogen and oxygen atoms in total. The highest BCUT2D eigenvalue weighted by molar-refractivity contribution is 5.77. The Bertz CT molecular complexity index is 190. The number of nitrogens with two attached hydrogens (primary N) is 1. The lowest BCUT2D eigenvalue weighted by Crippen LogP contribution is -2.46. The number of unbranched alkanes of at least 4 members (excludes halogenated alkanes) is 3. The standard InChI is InChI=1S/C12H25NO2/c1-4-5-6-7-8-10(2)9-12(3,13)11(14)15/h10H,4-9,13H2,1-3H3,(H,14,15)/t10-,12-/m1/s1. The summed E-state index contributed by atoms with van der Waals surface area (Å²) in [6, 6.07) is 0. The van der Waals surface area contributed by atoms with Crippen LogP contribution in [0.2, 0.25) is 0 Å². The molecule has 0 aliphatic heterocycles. The molecule has 90 valence electrons. The van der Waals surface area contributed by atoms with Crippen LogP contribution in [0.1, 0.15) is 59.3 Å².